The first-order valence-corrected chi connectivity index (χ1v) is 9.70. The number of piperidine rings is 1. The summed E-state index contributed by atoms with van der Waals surface area (Å²) in [5, 5.41) is 10.2. The van der Waals surface area contributed by atoms with Crippen LogP contribution in [0, 0.1) is 0 Å². The van der Waals surface area contributed by atoms with Crippen LogP contribution in [0.15, 0.2) is 34.2 Å². The number of nitrogens with zero attached hydrogens (tertiary/aromatic N) is 3. The van der Waals surface area contributed by atoms with Gasteiger partial charge in [0.2, 0.25) is 5.91 Å². The number of aromatic nitrogens is 2. The molecule has 2 heterocycles. The number of amides is 1. The summed E-state index contributed by atoms with van der Waals surface area (Å²) in [6.07, 6.45) is 3.79. The largest absolute Gasteiger partial charge is 0.396 e. The maximum Gasteiger partial charge on any atom is 0.262 e. The standard InChI is InChI=1S/C18H23N3O3S/c22-12-6-11-21-17(24)14-7-2-3-8-15(14)19-18(21)25-13-16(23)20-9-4-1-5-10-20/h2-3,7-8,22H,1,4-6,9-13H2. The van der Waals surface area contributed by atoms with Crippen LogP contribution in [0.3, 0.4) is 0 Å². The molecule has 1 aromatic carbocycles. The Balaban J connectivity index is 1.83. The Kier molecular flexibility index (Phi) is 6.09. The van der Waals surface area contributed by atoms with E-state index in [0.29, 0.717) is 29.0 Å². The summed E-state index contributed by atoms with van der Waals surface area (Å²) < 4.78 is 1.58. The van der Waals surface area contributed by atoms with Crippen LogP contribution < -0.4 is 5.56 Å². The second kappa shape index (κ2) is 8.49. The van der Waals surface area contributed by atoms with Crippen LogP contribution >= 0.6 is 11.8 Å². The quantitative estimate of drug-likeness (QED) is 0.628. The fourth-order valence-corrected chi connectivity index (χ4v) is 3.97. The number of carbonyl (C=O) groups excluding carboxylic acids is 1. The van der Waals surface area contributed by atoms with E-state index in [0.717, 1.165) is 25.9 Å². The summed E-state index contributed by atoms with van der Waals surface area (Å²) in [6.45, 7) is 2.05. The molecule has 3 rings (SSSR count). The van der Waals surface area contributed by atoms with Crippen molar-refractivity contribution in [2.75, 3.05) is 25.4 Å². The lowest BCUT2D eigenvalue weighted by Crippen LogP contribution is -2.37. The van der Waals surface area contributed by atoms with Crippen LogP contribution in [0.25, 0.3) is 10.9 Å². The third-order valence-electron chi connectivity index (χ3n) is 4.40. The molecule has 2 aromatic rings. The van der Waals surface area contributed by atoms with E-state index in [4.69, 9.17) is 5.11 Å². The lowest BCUT2D eigenvalue weighted by Gasteiger charge is -2.26. The Morgan fingerprint density at radius 3 is 2.72 bits per heavy atom. The molecule has 0 radical (unpaired) electrons. The molecule has 1 N–H and O–H groups in total. The van der Waals surface area contributed by atoms with E-state index in [-0.39, 0.29) is 23.8 Å². The van der Waals surface area contributed by atoms with E-state index in [9.17, 15) is 9.59 Å². The molecule has 0 unspecified atom stereocenters. The highest BCUT2D eigenvalue weighted by Crippen LogP contribution is 2.19. The first-order chi connectivity index (χ1) is 12.2. The zero-order chi connectivity index (χ0) is 17.6. The third-order valence-corrected chi connectivity index (χ3v) is 5.36. The number of para-hydroxylation sites is 1. The van der Waals surface area contributed by atoms with Gasteiger partial charge in [0.25, 0.3) is 5.56 Å². The van der Waals surface area contributed by atoms with E-state index in [2.05, 4.69) is 4.98 Å². The number of hydrogen-bond acceptors (Lipinski definition) is 5. The number of fused-ring (bicyclic) bond motifs is 1. The molecule has 134 valence electrons. The van der Waals surface area contributed by atoms with Gasteiger partial charge in [-0.25, -0.2) is 4.98 Å². The number of likely N-dealkylation sites (tertiary alicyclic amines) is 1. The van der Waals surface area contributed by atoms with Crippen molar-refractivity contribution in [3.8, 4) is 0 Å². The molecule has 1 amide bonds. The van der Waals surface area contributed by atoms with Crippen molar-refractivity contribution in [3.63, 3.8) is 0 Å². The predicted molar refractivity (Wildman–Crippen MR) is 98.9 cm³/mol. The van der Waals surface area contributed by atoms with Gasteiger partial charge in [-0.05, 0) is 37.8 Å². The summed E-state index contributed by atoms with van der Waals surface area (Å²) in [6, 6.07) is 7.23. The maximum atomic E-state index is 12.7. The van der Waals surface area contributed by atoms with Crippen molar-refractivity contribution in [3.05, 3.63) is 34.6 Å². The molecule has 1 aliphatic heterocycles. The molecule has 25 heavy (non-hydrogen) atoms. The van der Waals surface area contributed by atoms with Gasteiger partial charge in [-0.1, -0.05) is 23.9 Å². The molecule has 1 fully saturated rings. The van der Waals surface area contributed by atoms with Gasteiger partial charge in [0.05, 0.1) is 16.7 Å². The van der Waals surface area contributed by atoms with Crippen LogP contribution in [0.1, 0.15) is 25.7 Å². The van der Waals surface area contributed by atoms with Gasteiger partial charge >= 0.3 is 0 Å². The number of thioether (sulfide) groups is 1. The maximum absolute atomic E-state index is 12.7. The summed E-state index contributed by atoms with van der Waals surface area (Å²) in [5.41, 5.74) is 0.521. The van der Waals surface area contributed by atoms with Crippen molar-refractivity contribution in [1.29, 1.82) is 0 Å². The van der Waals surface area contributed by atoms with Gasteiger partial charge < -0.3 is 10.0 Å². The number of aliphatic hydroxyl groups excluding tert-OH is 1. The average Bonchev–Trinajstić information content (AvgIpc) is 2.66. The van der Waals surface area contributed by atoms with Gasteiger partial charge in [-0.15, -0.1) is 0 Å². The van der Waals surface area contributed by atoms with Crippen LogP contribution in [0.5, 0.6) is 0 Å². The van der Waals surface area contributed by atoms with E-state index < -0.39 is 0 Å². The van der Waals surface area contributed by atoms with E-state index >= 15 is 0 Å². The predicted octanol–water partition coefficient (Wildman–Crippen LogP) is 1.88. The first-order valence-electron chi connectivity index (χ1n) is 8.71. The zero-order valence-corrected chi connectivity index (χ0v) is 15.0. The number of carbonyl (C=O) groups is 1. The lowest BCUT2D eigenvalue weighted by molar-refractivity contribution is -0.129. The Hall–Kier alpha value is -1.86. The van der Waals surface area contributed by atoms with Crippen LogP contribution in [0.4, 0.5) is 0 Å². The summed E-state index contributed by atoms with van der Waals surface area (Å²) >= 11 is 1.31. The van der Waals surface area contributed by atoms with E-state index in [1.165, 1.54) is 18.2 Å². The fraction of sp³-hybridized carbons (Fsp3) is 0.500. The van der Waals surface area contributed by atoms with E-state index in [1.54, 1.807) is 10.6 Å². The minimum absolute atomic E-state index is 0.0100. The van der Waals surface area contributed by atoms with Gasteiger partial charge in [-0.3, -0.25) is 14.2 Å². The van der Waals surface area contributed by atoms with E-state index in [1.807, 2.05) is 23.1 Å². The molecular weight excluding hydrogens is 338 g/mol. The van der Waals surface area contributed by atoms with Crippen molar-refractivity contribution in [1.82, 2.24) is 14.5 Å². The number of aliphatic hydroxyl groups is 1. The van der Waals surface area contributed by atoms with Gasteiger partial charge in [0.15, 0.2) is 5.16 Å². The molecule has 0 aliphatic carbocycles. The normalized spacial score (nSPS) is 14.8. The first kappa shape index (κ1) is 17.9. The molecule has 0 atom stereocenters. The molecule has 1 aromatic heterocycles. The highest BCUT2D eigenvalue weighted by atomic mass is 32.2. The molecule has 0 spiro atoms. The molecular formula is C18H23N3O3S. The zero-order valence-electron chi connectivity index (χ0n) is 14.2. The topological polar surface area (TPSA) is 75.4 Å². The molecule has 6 nitrogen and oxygen atoms in total. The molecule has 7 heteroatoms. The molecule has 1 saturated heterocycles. The monoisotopic (exact) mass is 361 g/mol. The highest BCUT2D eigenvalue weighted by molar-refractivity contribution is 7.99. The summed E-state index contributed by atoms with van der Waals surface area (Å²) in [4.78, 5) is 31.6. The Labute approximate surface area is 150 Å². The average molecular weight is 361 g/mol. The van der Waals surface area contributed by atoms with Crippen LogP contribution in [0.2, 0.25) is 0 Å². The SMILES string of the molecule is O=C(CSc1nc2ccccc2c(=O)n1CCCO)N1CCCCC1. The minimum atomic E-state index is -0.119. The summed E-state index contributed by atoms with van der Waals surface area (Å²) in [5.74, 6) is 0.380. The van der Waals surface area contributed by atoms with Crippen molar-refractivity contribution >= 4 is 28.6 Å². The fourth-order valence-electron chi connectivity index (χ4n) is 3.04. The van der Waals surface area contributed by atoms with Gasteiger partial charge in [0, 0.05) is 26.2 Å². The highest BCUT2D eigenvalue weighted by Gasteiger charge is 2.18. The Bertz CT molecular complexity index is 800. The second-order valence-electron chi connectivity index (χ2n) is 6.18. The van der Waals surface area contributed by atoms with Crippen molar-refractivity contribution < 1.29 is 9.90 Å². The smallest absolute Gasteiger partial charge is 0.262 e. The Morgan fingerprint density at radius 1 is 1.20 bits per heavy atom. The third kappa shape index (κ3) is 4.22. The number of hydrogen-bond donors (Lipinski definition) is 1. The minimum Gasteiger partial charge on any atom is -0.396 e. The number of rotatable bonds is 6. The summed E-state index contributed by atoms with van der Waals surface area (Å²) in [7, 11) is 0. The van der Waals surface area contributed by atoms with Crippen molar-refractivity contribution in [2.24, 2.45) is 0 Å². The molecule has 0 saturated carbocycles. The lowest BCUT2D eigenvalue weighted by atomic mass is 10.1. The van der Waals surface area contributed by atoms with Gasteiger partial charge in [0.1, 0.15) is 0 Å². The van der Waals surface area contributed by atoms with Crippen molar-refractivity contribution in [2.45, 2.75) is 37.4 Å². The molecule has 1 aliphatic rings. The second-order valence-corrected chi connectivity index (χ2v) is 7.12. The Morgan fingerprint density at radius 2 is 1.96 bits per heavy atom. The molecule has 0 bridgehead atoms. The van der Waals surface area contributed by atoms with Crippen LogP contribution in [-0.2, 0) is 11.3 Å². The van der Waals surface area contributed by atoms with Crippen LogP contribution in [-0.4, -0.2) is 50.9 Å². The number of benzene rings is 1. The van der Waals surface area contributed by atoms with Gasteiger partial charge in [-0.2, -0.15) is 0 Å².